The van der Waals surface area contributed by atoms with Gasteiger partial charge in [-0.15, -0.1) is 0 Å². The Balaban J connectivity index is 2.70. The maximum Gasteiger partial charge on any atom is 0.228 e. The lowest BCUT2D eigenvalue weighted by atomic mass is 10.4. The number of hydrogen-bond donors (Lipinski definition) is 1. The van der Waals surface area contributed by atoms with Crippen LogP contribution in [0.2, 0.25) is 10.3 Å². The van der Waals surface area contributed by atoms with Gasteiger partial charge in [0.05, 0.1) is 17.0 Å². The molecule has 0 aliphatic carbocycles. The molecular formula is C8H7Cl2N3O. The van der Waals surface area contributed by atoms with Gasteiger partial charge < -0.3 is 9.72 Å². The summed E-state index contributed by atoms with van der Waals surface area (Å²) in [7, 11) is 0. The second-order valence-electron chi connectivity index (χ2n) is 2.59. The Kier molecular flexibility index (Phi) is 2.48. The summed E-state index contributed by atoms with van der Waals surface area (Å²) in [5.41, 5.74) is 0.582. The topological polar surface area (TPSA) is 50.8 Å². The minimum Gasteiger partial charge on any atom is -0.477 e. The fraction of sp³-hybridized carbons (Fsp3) is 0.250. The van der Waals surface area contributed by atoms with Crippen molar-refractivity contribution in [1.29, 1.82) is 0 Å². The fourth-order valence-electron chi connectivity index (χ4n) is 1.18. The van der Waals surface area contributed by atoms with Gasteiger partial charge in [-0.25, -0.2) is 0 Å². The molecule has 0 aromatic carbocycles. The molecule has 2 heterocycles. The van der Waals surface area contributed by atoms with Gasteiger partial charge in [-0.2, -0.15) is 9.97 Å². The summed E-state index contributed by atoms with van der Waals surface area (Å²) in [6, 6.07) is 0. The number of nitrogens with one attached hydrogen (secondary N) is 1. The molecule has 6 heteroatoms. The van der Waals surface area contributed by atoms with Gasteiger partial charge in [0.15, 0.2) is 0 Å². The monoisotopic (exact) mass is 231 g/mol. The van der Waals surface area contributed by atoms with Crippen LogP contribution >= 0.6 is 23.2 Å². The summed E-state index contributed by atoms with van der Waals surface area (Å²) in [5.74, 6) is 0.411. The highest BCUT2D eigenvalue weighted by Gasteiger charge is 2.12. The van der Waals surface area contributed by atoms with Crippen molar-refractivity contribution in [2.24, 2.45) is 0 Å². The number of nitrogens with zero attached hydrogens (tertiary/aromatic N) is 2. The Morgan fingerprint density at radius 1 is 1.43 bits per heavy atom. The number of aromatic amines is 1. The smallest absolute Gasteiger partial charge is 0.228 e. The van der Waals surface area contributed by atoms with Crippen molar-refractivity contribution in [3.05, 3.63) is 16.5 Å². The van der Waals surface area contributed by atoms with Gasteiger partial charge in [0, 0.05) is 6.20 Å². The number of rotatable bonds is 2. The maximum atomic E-state index is 5.93. The molecule has 74 valence electrons. The molecule has 0 unspecified atom stereocenters. The van der Waals surface area contributed by atoms with Crippen molar-refractivity contribution >= 4 is 34.2 Å². The van der Waals surface area contributed by atoms with Crippen LogP contribution in [0.25, 0.3) is 11.0 Å². The molecule has 2 aromatic rings. The van der Waals surface area contributed by atoms with Crippen molar-refractivity contribution in [3.63, 3.8) is 0 Å². The van der Waals surface area contributed by atoms with Crippen LogP contribution in [0.1, 0.15) is 6.92 Å². The van der Waals surface area contributed by atoms with Gasteiger partial charge >= 0.3 is 0 Å². The van der Waals surface area contributed by atoms with Gasteiger partial charge in [-0.1, -0.05) is 11.6 Å². The quantitative estimate of drug-likeness (QED) is 0.809. The first-order chi connectivity index (χ1) is 6.72. The highest BCUT2D eigenvalue weighted by Crippen LogP contribution is 2.30. The summed E-state index contributed by atoms with van der Waals surface area (Å²) < 4.78 is 5.30. The zero-order chi connectivity index (χ0) is 10.1. The first kappa shape index (κ1) is 9.55. The second kappa shape index (κ2) is 3.63. The number of hydrogen-bond acceptors (Lipinski definition) is 3. The van der Waals surface area contributed by atoms with Gasteiger partial charge in [0.25, 0.3) is 0 Å². The lowest BCUT2D eigenvalue weighted by Crippen LogP contribution is -1.96. The average molecular weight is 232 g/mol. The van der Waals surface area contributed by atoms with E-state index in [-0.39, 0.29) is 5.28 Å². The Labute approximate surface area is 90.2 Å². The number of H-pyrrole nitrogens is 1. The van der Waals surface area contributed by atoms with Crippen LogP contribution in [0.5, 0.6) is 5.88 Å². The van der Waals surface area contributed by atoms with Crippen molar-refractivity contribution in [3.8, 4) is 5.88 Å². The zero-order valence-corrected chi connectivity index (χ0v) is 8.85. The van der Waals surface area contributed by atoms with Gasteiger partial charge in [-0.05, 0) is 18.5 Å². The first-order valence-corrected chi connectivity index (χ1v) is 4.81. The molecule has 0 saturated heterocycles. The van der Waals surface area contributed by atoms with E-state index in [1.165, 1.54) is 0 Å². The highest BCUT2D eigenvalue weighted by molar-refractivity contribution is 6.36. The molecule has 0 atom stereocenters. The predicted octanol–water partition coefficient (Wildman–Crippen LogP) is 2.66. The van der Waals surface area contributed by atoms with E-state index in [9.17, 15) is 0 Å². The Morgan fingerprint density at radius 3 is 2.93 bits per heavy atom. The third-order valence-corrected chi connectivity index (χ3v) is 2.17. The third kappa shape index (κ3) is 1.51. The Morgan fingerprint density at radius 2 is 2.21 bits per heavy atom. The SMILES string of the molecule is CCOc1nc(Cl)nc2[nH]cc(Cl)c12. The average Bonchev–Trinajstić information content (AvgIpc) is 2.48. The molecular weight excluding hydrogens is 225 g/mol. The normalized spacial score (nSPS) is 10.8. The van der Waals surface area contributed by atoms with Crippen molar-refractivity contribution < 1.29 is 4.74 Å². The fourth-order valence-corrected chi connectivity index (χ4v) is 1.57. The summed E-state index contributed by atoms with van der Waals surface area (Å²) in [6.07, 6.45) is 1.62. The molecule has 0 amide bonds. The summed E-state index contributed by atoms with van der Waals surface area (Å²) in [5, 5.41) is 1.33. The molecule has 0 radical (unpaired) electrons. The molecule has 0 bridgehead atoms. The molecule has 0 aliphatic rings. The van der Waals surface area contributed by atoms with Crippen molar-refractivity contribution in [1.82, 2.24) is 15.0 Å². The minimum absolute atomic E-state index is 0.138. The predicted molar refractivity (Wildman–Crippen MR) is 55.1 cm³/mol. The van der Waals surface area contributed by atoms with E-state index in [1.54, 1.807) is 6.20 Å². The van der Waals surface area contributed by atoms with Crippen molar-refractivity contribution in [2.45, 2.75) is 6.92 Å². The standard InChI is InChI=1S/C8H7Cl2N3O/c1-2-14-7-5-4(9)3-11-6(5)12-8(10)13-7/h3H,2H2,1H3,(H,11,12,13). The highest BCUT2D eigenvalue weighted by atomic mass is 35.5. The second-order valence-corrected chi connectivity index (χ2v) is 3.34. The maximum absolute atomic E-state index is 5.93. The van der Waals surface area contributed by atoms with Crippen LogP contribution < -0.4 is 4.74 Å². The third-order valence-electron chi connectivity index (χ3n) is 1.70. The number of aromatic nitrogens is 3. The van der Waals surface area contributed by atoms with E-state index in [1.807, 2.05) is 6.92 Å². The van der Waals surface area contributed by atoms with E-state index in [4.69, 9.17) is 27.9 Å². The number of halogens is 2. The summed E-state index contributed by atoms with van der Waals surface area (Å²) >= 11 is 11.6. The largest absolute Gasteiger partial charge is 0.477 e. The van der Waals surface area contributed by atoms with E-state index < -0.39 is 0 Å². The number of ether oxygens (including phenoxy) is 1. The molecule has 2 rings (SSSR count). The van der Waals surface area contributed by atoms with Crippen LogP contribution in [0, 0.1) is 0 Å². The van der Waals surface area contributed by atoms with E-state index in [0.29, 0.717) is 28.5 Å². The zero-order valence-electron chi connectivity index (χ0n) is 7.34. The van der Waals surface area contributed by atoms with Crippen LogP contribution in [-0.4, -0.2) is 21.6 Å². The van der Waals surface area contributed by atoms with E-state index in [2.05, 4.69) is 15.0 Å². The number of fused-ring (bicyclic) bond motifs is 1. The first-order valence-electron chi connectivity index (χ1n) is 4.05. The van der Waals surface area contributed by atoms with Crippen molar-refractivity contribution in [2.75, 3.05) is 6.61 Å². The lowest BCUT2D eigenvalue weighted by molar-refractivity contribution is 0.331. The molecule has 0 fully saturated rings. The molecule has 14 heavy (non-hydrogen) atoms. The molecule has 0 spiro atoms. The van der Waals surface area contributed by atoms with Crippen LogP contribution in [0.4, 0.5) is 0 Å². The molecule has 0 aliphatic heterocycles. The Bertz CT molecular complexity index is 469. The van der Waals surface area contributed by atoms with Gasteiger partial charge in [0.1, 0.15) is 5.65 Å². The Hall–Kier alpha value is -1.00. The molecule has 4 nitrogen and oxygen atoms in total. The molecule has 0 saturated carbocycles. The molecule has 2 aromatic heterocycles. The van der Waals surface area contributed by atoms with Crippen LogP contribution in [0.3, 0.4) is 0 Å². The summed E-state index contributed by atoms with van der Waals surface area (Å²) in [4.78, 5) is 10.8. The van der Waals surface area contributed by atoms with E-state index in [0.717, 1.165) is 0 Å². The molecule has 1 N–H and O–H groups in total. The van der Waals surface area contributed by atoms with Crippen LogP contribution in [0.15, 0.2) is 6.20 Å². The minimum atomic E-state index is 0.138. The van der Waals surface area contributed by atoms with E-state index >= 15 is 0 Å². The van der Waals surface area contributed by atoms with Gasteiger partial charge in [-0.3, -0.25) is 0 Å². The lowest BCUT2D eigenvalue weighted by Gasteiger charge is -2.03. The summed E-state index contributed by atoms with van der Waals surface area (Å²) in [6.45, 7) is 2.37. The van der Waals surface area contributed by atoms with Crippen LogP contribution in [-0.2, 0) is 0 Å². The van der Waals surface area contributed by atoms with Gasteiger partial charge in [0.2, 0.25) is 11.2 Å².